The molecule has 116 valence electrons. The Kier molecular flexibility index (Phi) is 4.72. The lowest BCUT2D eigenvalue weighted by molar-refractivity contribution is -0.120. The number of aromatic nitrogens is 5. The zero-order valence-corrected chi connectivity index (χ0v) is 13.4. The Bertz CT molecular complexity index is 727. The van der Waals surface area contributed by atoms with E-state index in [9.17, 15) is 4.79 Å². The highest BCUT2D eigenvalue weighted by Crippen LogP contribution is 2.22. The van der Waals surface area contributed by atoms with Crippen LogP contribution in [-0.2, 0) is 4.79 Å². The van der Waals surface area contributed by atoms with Gasteiger partial charge in [-0.1, -0.05) is 17.7 Å². The second-order valence-corrected chi connectivity index (χ2v) is 5.98. The van der Waals surface area contributed by atoms with Crippen molar-refractivity contribution in [1.29, 1.82) is 0 Å². The van der Waals surface area contributed by atoms with Gasteiger partial charge in [-0.05, 0) is 26.8 Å². The molecule has 0 saturated heterocycles. The van der Waals surface area contributed by atoms with Crippen molar-refractivity contribution >= 4 is 17.7 Å². The molecule has 8 nitrogen and oxygen atoms in total. The molecule has 22 heavy (non-hydrogen) atoms. The van der Waals surface area contributed by atoms with Crippen LogP contribution in [0.4, 0.5) is 0 Å². The van der Waals surface area contributed by atoms with E-state index in [1.807, 2.05) is 19.9 Å². The van der Waals surface area contributed by atoms with E-state index in [0.29, 0.717) is 11.1 Å². The first-order chi connectivity index (χ1) is 10.4. The van der Waals surface area contributed by atoms with Crippen molar-refractivity contribution < 1.29 is 4.79 Å². The van der Waals surface area contributed by atoms with Gasteiger partial charge < -0.3 is 11.2 Å². The van der Waals surface area contributed by atoms with Crippen LogP contribution in [0.3, 0.4) is 0 Å². The largest absolute Gasteiger partial charge is 0.344 e. The number of carbonyl (C=O) groups excluding carboxylic acids is 1. The maximum absolute atomic E-state index is 11.8. The average Bonchev–Trinajstić information content (AvgIpc) is 2.99. The maximum atomic E-state index is 11.8. The Morgan fingerprint density at radius 3 is 2.86 bits per heavy atom. The molecular weight excluding hydrogens is 302 g/mol. The molecule has 1 unspecified atom stereocenters. The lowest BCUT2D eigenvalue weighted by atomic mass is 10.4. The molecule has 0 fully saturated rings. The van der Waals surface area contributed by atoms with E-state index in [1.165, 1.54) is 16.4 Å². The fourth-order valence-electron chi connectivity index (χ4n) is 1.82. The summed E-state index contributed by atoms with van der Waals surface area (Å²) in [6, 6.07) is 1.91. The molecular formula is C13H17N7OS. The summed E-state index contributed by atoms with van der Waals surface area (Å²) < 4.78 is 2.92. The number of nitrogens with zero attached hydrogens (tertiary/aromatic N) is 5. The van der Waals surface area contributed by atoms with Crippen molar-refractivity contribution in [3.8, 4) is 18.3 Å². The van der Waals surface area contributed by atoms with Crippen LogP contribution in [0.1, 0.15) is 18.3 Å². The van der Waals surface area contributed by atoms with Crippen LogP contribution in [0, 0.1) is 26.2 Å². The van der Waals surface area contributed by atoms with Crippen molar-refractivity contribution in [3.63, 3.8) is 0 Å². The van der Waals surface area contributed by atoms with E-state index in [2.05, 4.69) is 26.5 Å². The summed E-state index contributed by atoms with van der Waals surface area (Å²) in [4.78, 5) is 11.8. The highest BCUT2D eigenvalue weighted by Gasteiger charge is 2.20. The van der Waals surface area contributed by atoms with Gasteiger partial charge in [-0.25, -0.2) is 9.36 Å². The van der Waals surface area contributed by atoms with Gasteiger partial charge in [0.2, 0.25) is 11.1 Å². The van der Waals surface area contributed by atoms with Gasteiger partial charge in [0.15, 0.2) is 0 Å². The van der Waals surface area contributed by atoms with Crippen LogP contribution >= 0.6 is 11.8 Å². The van der Waals surface area contributed by atoms with E-state index in [1.54, 1.807) is 11.6 Å². The molecule has 0 aliphatic rings. The Balaban J connectivity index is 2.16. The monoisotopic (exact) mass is 319 g/mol. The highest BCUT2D eigenvalue weighted by molar-refractivity contribution is 8.00. The smallest absolute Gasteiger partial charge is 0.271 e. The van der Waals surface area contributed by atoms with E-state index in [0.717, 1.165) is 11.4 Å². The summed E-state index contributed by atoms with van der Waals surface area (Å²) in [7, 11) is 0. The number of hydrogen-bond acceptors (Lipinski definition) is 6. The number of amides is 1. The molecule has 0 spiro atoms. The summed E-state index contributed by atoms with van der Waals surface area (Å²) in [6.07, 6.45) is 5.11. The summed E-state index contributed by atoms with van der Waals surface area (Å²) >= 11 is 1.20. The summed E-state index contributed by atoms with van der Waals surface area (Å²) in [5.41, 5.74) is 1.75. The van der Waals surface area contributed by atoms with Crippen molar-refractivity contribution in [2.45, 2.75) is 31.2 Å². The molecule has 9 heteroatoms. The number of nitrogens with two attached hydrogens (primary N) is 1. The van der Waals surface area contributed by atoms with Crippen molar-refractivity contribution in [2.24, 2.45) is 0 Å². The van der Waals surface area contributed by atoms with E-state index < -0.39 is 5.25 Å². The fraction of sp³-hybridized carbons (Fsp3) is 0.385. The number of nitrogens with one attached hydrogen (secondary N) is 1. The normalized spacial score (nSPS) is 11.9. The SMILES string of the molecule is C#CCNC(=O)C(C)Sc1nnc(-n2nc(C)cc2C)n1N. The molecule has 2 heterocycles. The van der Waals surface area contributed by atoms with Crippen molar-refractivity contribution in [2.75, 3.05) is 12.4 Å². The highest BCUT2D eigenvalue weighted by atomic mass is 32.2. The van der Waals surface area contributed by atoms with Gasteiger partial charge in [0, 0.05) is 5.69 Å². The molecule has 0 saturated carbocycles. The van der Waals surface area contributed by atoms with Crippen molar-refractivity contribution in [3.05, 3.63) is 17.5 Å². The average molecular weight is 319 g/mol. The maximum Gasteiger partial charge on any atom is 0.271 e. The topological polar surface area (TPSA) is 104 Å². The number of hydrogen-bond donors (Lipinski definition) is 2. The summed E-state index contributed by atoms with van der Waals surface area (Å²) in [6.45, 7) is 5.72. The molecule has 0 aliphatic carbocycles. The van der Waals surface area contributed by atoms with Crippen LogP contribution < -0.4 is 11.2 Å². The molecule has 2 aromatic heterocycles. The molecule has 2 aromatic rings. The van der Waals surface area contributed by atoms with Gasteiger partial charge in [-0.15, -0.1) is 16.6 Å². The van der Waals surface area contributed by atoms with Gasteiger partial charge in [0.1, 0.15) is 0 Å². The molecule has 2 rings (SSSR count). The van der Waals surface area contributed by atoms with E-state index >= 15 is 0 Å². The summed E-state index contributed by atoms with van der Waals surface area (Å²) in [5.74, 6) is 8.57. The molecule has 1 atom stereocenters. The lowest BCUT2D eigenvalue weighted by Gasteiger charge is -2.10. The standard InChI is InChI=1S/C13H17N7OS/c1-5-6-15-11(21)10(4)22-13-17-16-12(19(13)14)20-9(3)7-8(2)18-20/h1,7,10H,6,14H2,2-4H3,(H,15,21). The Hall–Kier alpha value is -2.47. The number of nitrogen functional groups attached to an aromatic ring is 1. The summed E-state index contributed by atoms with van der Waals surface area (Å²) in [5, 5.41) is 15.0. The third-order valence-electron chi connectivity index (χ3n) is 2.86. The first-order valence-corrected chi connectivity index (χ1v) is 7.44. The Labute approximate surface area is 132 Å². The molecule has 0 aromatic carbocycles. The van der Waals surface area contributed by atoms with Crippen LogP contribution in [0.25, 0.3) is 5.95 Å². The van der Waals surface area contributed by atoms with Gasteiger partial charge in [-0.2, -0.15) is 5.10 Å². The number of thioether (sulfide) groups is 1. The number of rotatable bonds is 5. The minimum atomic E-state index is -0.395. The number of carbonyl (C=O) groups is 1. The number of aryl methyl sites for hydroxylation is 2. The molecule has 0 bridgehead atoms. The zero-order chi connectivity index (χ0) is 16.3. The Morgan fingerprint density at radius 1 is 1.55 bits per heavy atom. The molecule has 1 amide bonds. The first-order valence-electron chi connectivity index (χ1n) is 6.56. The Morgan fingerprint density at radius 2 is 2.27 bits per heavy atom. The molecule has 0 radical (unpaired) electrons. The van der Waals surface area contributed by atoms with Gasteiger partial charge >= 0.3 is 0 Å². The third kappa shape index (κ3) is 3.23. The number of terminal acetylenes is 1. The predicted molar refractivity (Wildman–Crippen MR) is 83.9 cm³/mol. The van der Waals surface area contributed by atoms with Crippen LogP contribution in [0.15, 0.2) is 11.2 Å². The van der Waals surface area contributed by atoms with E-state index in [4.69, 9.17) is 12.3 Å². The van der Waals surface area contributed by atoms with Crippen LogP contribution in [-0.4, -0.2) is 42.4 Å². The molecule has 3 N–H and O–H groups in total. The second kappa shape index (κ2) is 6.53. The van der Waals surface area contributed by atoms with Crippen LogP contribution in [0.2, 0.25) is 0 Å². The fourth-order valence-corrected chi connectivity index (χ4v) is 2.61. The first kappa shape index (κ1) is 15.9. The second-order valence-electron chi connectivity index (χ2n) is 4.67. The quantitative estimate of drug-likeness (QED) is 0.458. The van der Waals surface area contributed by atoms with Gasteiger partial charge in [0.05, 0.1) is 17.5 Å². The van der Waals surface area contributed by atoms with Gasteiger partial charge in [0.25, 0.3) is 5.95 Å². The zero-order valence-electron chi connectivity index (χ0n) is 12.6. The molecule has 0 aliphatic heterocycles. The van der Waals surface area contributed by atoms with E-state index in [-0.39, 0.29) is 12.5 Å². The minimum Gasteiger partial charge on any atom is -0.344 e. The third-order valence-corrected chi connectivity index (χ3v) is 3.92. The lowest BCUT2D eigenvalue weighted by Crippen LogP contribution is -2.31. The predicted octanol–water partition coefficient (Wildman–Crippen LogP) is 0.0244. The van der Waals surface area contributed by atoms with Crippen LogP contribution in [0.5, 0.6) is 0 Å². The van der Waals surface area contributed by atoms with Crippen molar-refractivity contribution in [1.82, 2.24) is 30.0 Å². The minimum absolute atomic E-state index is 0.182. The van der Waals surface area contributed by atoms with Gasteiger partial charge in [-0.3, -0.25) is 4.79 Å².